The summed E-state index contributed by atoms with van der Waals surface area (Å²) in [5, 5.41) is 19.6. The van der Waals surface area contributed by atoms with E-state index in [-0.39, 0.29) is 40.8 Å². The molecule has 6 nitrogen and oxygen atoms in total. The number of phenols is 2. The van der Waals surface area contributed by atoms with Gasteiger partial charge in [0, 0.05) is 6.07 Å². The lowest BCUT2D eigenvalue weighted by molar-refractivity contribution is 0.0835. The fourth-order valence-electron chi connectivity index (χ4n) is 2.63. The van der Waals surface area contributed by atoms with Crippen LogP contribution >= 0.6 is 0 Å². The zero-order valence-electron chi connectivity index (χ0n) is 12.7. The number of hydrogen-bond donors (Lipinski definition) is 2. The van der Waals surface area contributed by atoms with Gasteiger partial charge >= 0.3 is 0 Å². The van der Waals surface area contributed by atoms with Crippen LogP contribution in [0.4, 0.5) is 0 Å². The van der Waals surface area contributed by atoms with E-state index in [0.29, 0.717) is 5.75 Å². The van der Waals surface area contributed by atoms with Gasteiger partial charge in [0.1, 0.15) is 23.2 Å². The second kappa shape index (κ2) is 5.72. The van der Waals surface area contributed by atoms with Gasteiger partial charge in [-0.15, -0.1) is 0 Å². The van der Waals surface area contributed by atoms with Crippen LogP contribution in [-0.4, -0.2) is 30.2 Å². The van der Waals surface area contributed by atoms with E-state index in [0.717, 1.165) is 5.56 Å². The molecular weight excluding hydrogens is 300 g/mol. The molecule has 6 heteroatoms. The minimum Gasteiger partial charge on any atom is -0.508 e. The van der Waals surface area contributed by atoms with Gasteiger partial charge in [0.15, 0.2) is 17.3 Å². The van der Waals surface area contributed by atoms with Gasteiger partial charge < -0.3 is 24.4 Å². The smallest absolute Gasteiger partial charge is 0.201 e. The summed E-state index contributed by atoms with van der Waals surface area (Å²) in [5.41, 5.74) is 0.934. The molecule has 0 saturated heterocycles. The molecule has 0 radical (unpaired) electrons. The Kier molecular flexibility index (Phi) is 3.73. The molecule has 1 aliphatic rings. The topological polar surface area (TPSA) is 85.2 Å². The highest BCUT2D eigenvalue weighted by Crippen LogP contribution is 2.49. The maximum absolute atomic E-state index is 12.5. The lowest BCUT2D eigenvalue weighted by Crippen LogP contribution is -2.21. The number of methoxy groups -OCH3 is 2. The van der Waals surface area contributed by atoms with Crippen LogP contribution in [0.2, 0.25) is 0 Å². The lowest BCUT2D eigenvalue weighted by Gasteiger charge is -2.27. The monoisotopic (exact) mass is 316 g/mol. The summed E-state index contributed by atoms with van der Waals surface area (Å²) in [7, 11) is 2.84. The summed E-state index contributed by atoms with van der Waals surface area (Å²) in [6.45, 7) is 0. The molecule has 2 N–H and O–H groups in total. The maximum Gasteiger partial charge on any atom is 0.201 e. The van der Waals surface area contributed by atoms with Gasteiger partial charge in [0.05, 0.1) is 20.6 Å². The minimum atomic E-state index is -0.557. The Morgan fingerprint density at radius 1 is 1.09 bits per heavy atom. The van der Waals surface area contributed by atoms with E-state index in [1.54, 1.807) is 12.1 Å². The van der Waals surface area contributed by atoms with Crippen molar-refractivity contribution in [2.45, 2.75) is 12.5 Å². The zero-order chi connectivity index (χ0) is 16.6. The molecule has 0 spiro atoms. The van der Waals surface area contributed by atoms with Crippen molar-refractivity contribution in [3.63, 3.8) is 0 Å². The van der Waals surface area contributed by atoms with Crippen LogP contribution in [-0.2, 0) is 0 Å². The molecule has 0 saturated carbocycles. The van der Waals surface area contributed by atoms with Crippen LogP contribution in [0.25, 0.3) is 0 Å². The van der Waals surface area contributed by atoms with Crippen molar-refractivity contribution in [1.29, 1.82) is 0 Å². The van der Waals surface area contributed by atoms with Crippen molar-refractivity contribution >= 4 is 5.78 Å². The van der Waals surface area contributed by atoms with E-state index >= 15 is 0 Å². The molecule has 0 aliphatic carbocycles. The van der Waals surface area contributed by atoms with Gasteiger partial charge in [-0.25, -0.2) is 0 Å². The molecule has 2 aromatic rings. The van der Waals surface area contributed by atoms with Crippen molar-refractivity contribution in [2.24, 2.45) is 0 Å². The summed E-state index contributed by atoms with van der Waals surface area (Å²) in [5.74, 6) is 0.209. The number of rotatable bonds is 3. The summed E-state index contributed by atoms with van der Waals surface area (Å²) in [6.07, 6.45) is -0.446. The number of fused-ring (bicyclic) bond motifs is 1. The molecule has 1 heterocycles. The number of ketones is 1. The summed E-state index contributed by atoms with van der Waals surface area (Å²) >= 11 is 0. The molecule has 1 atom stereocenters. The molecule has 0 aromatic heterocycles. The first kappa shape index (κ1) is 15.0. The molecule has 0 amide bonds. The summed E-state index contributed by atoms with van der Waals surface area (Å²) in [4.78, 5) is 12.5. The Labute approximate surface area is 132 Å². The average molecular weight is 316 g/mol. The molecule has 0 fully saturated rings. The van der Waals surface area contributed by atoms with E-state index in [1.165, 1.54) is 32.4 Å². The fraction of sp³-hybridized carbons (Fsp3) is 0.235. The third-order valence-corrected chi connectivity index (χ3v) is 3.80. The molecule has 23 heavy (non-hydrogen) atoms. The first-order valence-electron chi connectivity index (χ1n) is 7.02. The van der Waals surface area contributed by atoms with Crippen molar-refractivity contribution in [3.05, 3.63) is 41.5 Å². The molecule has 3 rings (SSSR count). The van der Waals surface area contributed by atoms with Crippen molar-refractivity contribution in [1.82, 2.24) is 0 Å². The lowest BCUT2D eigenvalue weighted by atomic mass is 9.95. The molecule has 1 unspecified atom stereocenters. The van der Waals surface area contributed by atoms with Crippen LogP contribution in [0.3, 0.4) is 0 Å². The summed E-state index contributed by atoms with van der Waals surface area (Å²) in [6, 6.07) is 7.84. The van der Waals surface area contributed by atoms with Gasteiger partial charge in [0.2, 0.25) is 5.75 Å². The number of aromatic hydroxyl groups is 2. The third-order valence-electron chi connectivity index (χ3n) is 3.80. The number of carbonyl (C=O) groups excluding carboxylic acids is 1. The predicted octanol–water partition coefficient (Wildman–Crippen LogP) is 2.82. The largest absolute Gasteiger partial charge is 0.508 e. The van der Waals surface area contributed by atoms with E-state index in [2.05, 4.69) is 0 Å². The zero-order valence-corrected chi connectivity index (χ0v) is 12.7. The number of ether oxygens (including phenoxy) is 3. The molecule has 2 aromatic carbocycles. The first-order valence-corrected chi connectivity index (χ1v) is 7.02. The Balaban J connectivity index is 2.08. The van der Waals surface area contributed by atoms with E-state index in [4.69, 9.17) is 14.2 Å². The van der Waals surface area contributed by atoms with Crippen molar-refractivity contribution < 1.29 is 29.2 Å². The van der Waals surface area contributed by atoms with Crippen LogP contribution in [0.5, 0.6) is 28.7 Å². The van der Waals surface area contributed by atoms with Gasteiger partial charge in [-0.3, -0.25) is 4.79 Å². The van der Waals surface area contributed by atoms with Crippen molar-refractivity contribution in [2.75, 3.05) is 14.2 Å². The number of benzene rings is 2. The molecular formula is C17H16O6. The maximum atomic E-state index is 12.5. The number of carbonyl (C=O) groups is 1. The number of phenolic OH excluding ortho intramolecular Hbond substituents is 2. The third kappa shape index (κ3) is 2.52. The molecule has 0 bridgehead atoms. The SMILES string of the molecule is COc1cc(OC)c2c(c1O)OC(c1ccc(O)cc1)CC2=O. The second-order valence-electron chi connectivity index (χ2n) is 5.16. The van der Waals surface area contributed by atoms with Gasteiger partial charge in [-0.2, -0.15) is 0 Å². The predicted molar refractivity (Wildman–Crippen MR) is 81.6 cm³/mol. The Morgan fingerprint density at radius 3 is 2.35 bits per heavy atom. The highest BCUT2D eigenvalue weighted by molar-refractivity contribution is 6.04. The normalized spacial score (nSPS) is 16.4. The van der Waals surface area contributed by atoms with E-state index in [1.807, 2.05) is 0 Å². The Bertz CT molecular complexity index is 751. The quantitative estimate of drug-likeness (QED) is 0.905. The minimum absolute atomic E-state index is 0.0514. The van der Waals surface area contributed by atoms with Gasteiger partial charge in [-0.1, -0.05) is 12.1 Å². The van der Waals surface area contributed by atoms with Gasteiger partial charge in [-0.05, 0) is 17.7 Å². The van der Waals surface area contributed by atoms with Crippen LogP contribution in [0.1, 0.15) is 28.4 Å². The highest BCUT2D eigenvalue weighted by atomic mass is 16.5. The molecule has 120 valence electrons. The van der Waals surface area contributed by atoms with Crippen LogP contribution < -0.4 is 14.2 Å². The molecule has 1 aliphatic heterocycles. The van der Waals surface area contributed by atoms with Crippen LogP contribution in [0, 0.1) is 0 Å². The standard InChI is InChI=1S/C17H16O6/c1-21-13-8-14(22-2)16(20)17-15(13)11(19)7-12(23-17)9-3-5-10(18)6-4-9/h3-6,8,12,18,20H,7H2,1-2H3. The Hall–Kier alpha value is -2.89. The van der Waals surface area contributed by atoms with E-state index < -0.39 is 6.10 Å². The van der Waals surface area contributed by atoms with Crippen molar-refractivity contribution in [3.8, 4) is 28.7 Å². The van der Waals surface area contributed by atoms with E-state index in [9.17, 15) is 15.0 Å². The average Bonchev–Trinajstić information content (AvgIpc) is 2.56. The van der Waals surface area contributed by atoms with Crippen LogP contribution in [0.15, 0.2) is 30.3 Å². The highest BCUT2D eigenvalue weighted by Gasteiger charge is 2.34. The fourth-order valence-corrected chi connectivity index (χ4v) is 2.63. The van der Waals surface area contributed by atoms with Gasteiger partial charge in [0.25, 0.3) is 0 Å². The summed E-state index contributed by atoms with van der Waals surface area (Å²) < 4.78 is 16.1. The first-order chi connectivity index (χ1) is 11.0. The number of hydrogen-bond acceptors (Lipinski definition) is 6. The Morgan fingerprint density at radius 2 is 1.74 bits per heavy atom. The number of Topliss-reactive ketones (excluding diaryl/α,β-unsaturated/α-hetero) is 1. The second-order valence-corrected chi connectivity index (χ2v) is 5.16.